The van der Waals surface area contributed by atoms with Crippen LogP contribution in [0.4, 0.5) is 26.3 Å². The highest BCUT2D eigenvalue weighted by Gasteiger charge is 2.37. The van der Waals surface area contributed by atoms with Gasteiger partial charge < -0.3 is 0 Å². The van der Waals surface area contributed by atoms with Crippen molar-refractivity contribution in [3.05, 3.63) is 94.2 Å². The Morgan fingerprint density at radius 3 is 2.16 bits per heavy atom. The zero-order chi connectivity index (χ0) is 26.8. The van der Waals surface area contributed by atoms with E-state index in [0.29, 0.717) is 12.1 Å². The third kappa shape index (κ3) is 5.95. The predicted molar refractivity (Wildman–Crippen MR) is 119 cm³/mol. The maximum Gasteiger partial charge on any atom is 0.416 e. The molecular formula is C24H12ClF6N5O. The highest BCUT2D eigenvalue weighted by Crippen LogP contribution is 2.36. The molecule has 0 radical (unpaired) electrons. The molecule has 2 aromatic carbocycles. The molecule has 0 saturated heterocycles. The van der Waals surface area contributed by atoms with Crippen molar-refractivity contribution in [3.8, 4) is 23.1 Å². The van der Waals surface area contributed by atoms with Crippen LogP contribution in [-0.2, 0) is 18.9 Å². The molecule has 6 nitrogen and oxygen atoms in total. The zero-order valence-electron chi connectivity index (χ0n) is 18.3. The summed E-state index contributed by atoms with van der Waals surface area (Å²) >= 11 is 6.01. The van der Waals surface area contributed by atoms with E-state index in [1.54, 1.807) is 12.1 Å². The van der Waals surface area contributed by atoms with Crippen LogP contribution >= 0.6 is 11.6 Å². The van der Waals surface area contributed by atoms with E-state index < -0.39 is 35.8 Å². The second-order valence-corrected chi connectivity index (χ2v) is 7.95. The Hall–Kier alpha value is -4.24. The van der Waals surface area contributed by atoms with E-state index >= 15 is 0 Å². The first-order valence-corrected chi connectivity index (χ1v) is 10.6. The van der Waals surface area contributed by atoms with Crippen LogP contribution in [0.3, 0.4) is 0 Å². The van der Waals surface area contributed by atoms with Crippen LogP contribution in [0.15, 0.2) is 61.2 Å². The molecule has 0 amide bonds. The van der Waals surface area contributed by atoms with Gasteiger partial charge in [0, 0.05) is 23.5 Å². The fraction of sp³-hybridized carbons (Fsp3) is 0.125. The molecule has 4 aromatic rings. The van der Waals surface area contributed by atoms with E-state index in [9.17, 15) is 31.1 Å². The Balaban J connectivity index is 1.79. The second kappa shape index (κ2) is 10.0. The molecule has 0 N–H and O–H groups in total. The lowest BCUT2D eigenvalue weighted by Gasteiger charge is -2.15. The lowest BCUT2D eigenvalue weighted by atomic mass is 10.0. The van der Waals surface area contributed by atoms with Crippen LogP contribution in [0.25, 0.3) is 11.3 Å². The number of ketones is 1. The van der Waals surface area contributed by atoms with Crippen molar-refractivity contribution in [3.63, 3.8) is 0 Å². The van der Waals surface area contributed by atoms with Crippen molar-refractivity contribution < 1.29 is 31.1 Å². The number of hydrogen-bond acceptors (Lipinski definition) is 5. The Bertz CT molecular complexity index is 1490. The fourth-order valence-corrected chi connectivity index (χ4v) is 3.55. The van der Waals surface area contributed by atoms with Gasteiger partial charge in [-0.15, -0.1) is 5.10 Å². The summed E-state index contributed by atoms with van der Waals surface area (Å²) in [5.74, 6) is 4.28. The van der Waals surface area contributed by atoms with E-state index in [2.05, 4.69) is 32.1 Å². The van der Waals surface area contributed by atoms with Crippen LogP contribution in [0.1, 0.15) is 32.7 Å². The number of Topliss-reactive ketones (excluding diaryl/α,β-unsaturated/α-hetero) is 1. The van der Waals surface area contributed by atoms with Gasteiger partial charge in [0.25, 0.3) is 0 Å². The average Bonchev–Trinajstić information content (AvgIpc) is 3.24. The SMILES string of the molecule is O=C(C#Cc1nnn(Cc2cc(C(F)(F)F)cc(C(F)(F)F)c2)c1-c1cncnc1)c1ccccc1Cl. The normalized spacial score (nSPS) is 11.6. The maximum absolute atomic E-state index is 13.3. The summed E-state index contributed by atoms with van der Waals surface area (Å²) < 4.78 is 80.8. The van der Waals surface area contributed by atoms with Gasteiger partial charge >= 0.3 is 12.4 Å². The Labute approximate surface area is 209 Å². The molecule has 0 spiro atoms. The van der Waals surface area contributed by atoms with Crippen molar-refractivity contribution in [1.82, 2.24) is 25.0 Å². The van der Waals surface area contributed by atoms with Crippen molar-refractivity contribution in [2.75, 3.05) is 0 Å². The van der Waals surface area contributed by atoms with Gasteiger partial charge in [0.05, 0.1) is 22.7 Å². The third-order valence-electron chi connectivity index (χ3n) is 4.96. The molecule has 0 unspecified atom stereocenters. The molecule has 4 rings (SSSR count). The minimum absolute atomic E-state index is 0.0357. The van der Waals surface area contributed by atoms with Gasteiger partial charge in [0.2, 0.25) is 5.78 Å². The third-order valence-corrected chi connectivity index (χ3v) is 5.29. The van der Waals surface area contributed by atoms with E-state index in [4.69, 9.17) is 11.6 Å². The van der Waals surface area contributed by atoms with Crippen molar-refractivity contribution >= 4 is 17.4 Å². The summed E-state index contributed by atoms with van der Waals surface area (Å²) in [7, 11) is 0. The summed E-state index contributed by atoms with van der Waals surface area (Å²) in [6.07, 6.45) is -6.15. The highest BCUT2D eigenvalue weighted by atomic mass is 35.5. The van der Waals surface area contributed by atoms with Crippen LogP contribution in [0.5, 0.6) is 0 Å². The molecule has 0 aliphatic heterocycles. The summed E-state index contributed by atoms with van der Waals surface area (Å²) in [6, 6.07) is 7.41. The van der Waals surface area contributed by atoms with Crippen LogP contribution in [0, 0.1) is 11.8 Å². The van der Waals surface area contributed by atoms with Gasteiger partial charge in [-0.25, -0.2) is 14.6 Å². The number of carbonyl (C=O) groups is 1. The summed E-state index contributed by atoms with van der Waals surface area (Å²) in [5.41, 5.74) is -2.84. The molecule has 0 saturated carbocycles. The maximum atomic E-state index is 13.3. The summed E-state index contributed by atoms with van der Waals surface area (Å²) in [5, 5.41) is 7.90. The van der Waals surface area contributed by atoms with Crippen LogP contribution in [-0.4, -0.2) is 30.7 Å². The molecule has 2 heterocycles. The smallest absolute Gasteiger partial charge is 0.279 e. The van der Waals surface area contributed by atoms with Gasteiger partial charge in [0.15, 0.2) is 5.69 Å². The number of carbonyl (C=O) groups excluding carboxylic acids is 1. The number of aromatic nitrogens is 5. The van der Waals surface area contributed by atoms with E-state index in [-0.39, 0.29) is 39.2 Å². The molecule has 2 aromatic heterocycles. The van der Waals surface area contributed by atoms with Gasteiger partial charge in [-0.2, -0.15) is 26.3 Å². The fourth-order valence-electron chi connectivity index (χ4n) is 3.33. The molecule has 0 fully saturated rings. The zero-order valence-corrected chi connectivity index (χ0v) is 19.0. The summed E-state index contributed by atoms with van der Waals surface area (Å²) in [4.78, 5) is 20.2. The predicted octanol–water partition coefficient (Wildman–Crippen LogP) is 5.71. The molecule has 188 valence electrons. The number of rotatable bonds is 4. The molecule has 0 atom stereocenters. The molecule has 0 aliphatic rings. The first kappa shape index (κ1) is 25.8. The Morgan fingerprint density at radius 2 is 1.57 bits per heavy atom. The number of benzene rings is 2. The minimum atomic E-state index is -5.01. The number of alkyl halides is 6. The van der Waals surface area contributed by atoms with Crippen LogP contribution in [0.2, 0.25) is 5.02 Å². The molecule has 13 heteroatoms. The molecular weight excluding hydrogens is 524 g/mol. The molecule has 37 heavy (non-hydrogen) atoms. The number of hydrogen-bond donors (Lipinski definition) is 0. The Kier molecular flexibility index (Phi) is 7.00. The number of nitrogens with zero attached hydrogens (tertiary/aromatic N) is 5. The van der Waals surface area contributed by atoms with E-state index in [1.165, 1.54) is 30.9 Å². The van der Waals surface area contributed by atoms with Gasteiger partial charge in [-0.1, -0.05) is 28.9 Å². The standard InChI is InChI=1S/C24H12ClF6N5O/c25-19-4-2-1-3-18(19)21(37)6-5-20-22(15-10-32-13-33-11-15)36(35-34-20)12-14-7-16(23(26,27)28)9-17(8-14)24(29,30)31/h1-4,7-11,13H,12H2. The topological polar surface area (TPSA) is 73.6 Å². The molecule has 0 aliphatic carbocycles. The quantitative estimate of drug-likeness (QED) is 0.190. The van der Waals surface area contributed by atoms with Crippen molar-refractivity contribution in [1.29, 1.82) is 0 Å². The largest absolute Gasteiger partial charge is 0.416 e. The minimum Gasteiger partial charge on any atom is -0.279 e. The van der Waals surface area contributed by atoms with E-state index in [1.807, 2.05) is 0 Å². The highest BCUT2D eigenvalue weighted by molar-refractivity contribution is 6.35. The second-order valence-electron chi connectivity index (χ2n) is 7.54. The van der Waals surface area contributed by atoms with Crippen molar-refractivity contribution in [2.45, 2.75) is 18.9 Å². The Morgan fingerprint density at radius 1 is 0.946 bits per heavy atom. The monoisotopic (exact) mass is 535 g/mol. The van der Waals surface area contributed by atoms with Crippen molar-refractivity contribution in [2.24, 2.45) is 0 Å². The van der Waals surface area contributed by atoms with Crippen LogP contribution < -0.4 is 0 Å². The van der Waals surface area contributed by atoms with E-state index in [0.717, 1.165) is 4.68 Å². The first-order chi connectivity index (χ1) is 17.4. The van der Waals surface area contributed by atoms with Gasteiger partial charge in [0.1, 0.15) is 12.0 Å². The average molecular weight is 536 g/mol. The first-order valence-electron chi connectivity index (χ1n) is 10.2. The van der Waals surface area contributed by atoms with Gasteiger partial charge in [-0.05, 0) is 47.7 Å². The lowest BCUT2D eigenvalue weighted by Crippen LogP contribution is -2.13. The number of halogens is 7. The van der Waals surface area contributed by atoms with Gasteiger partial charge in [-0.3, -0.25) is 4.79 Å². The summed E-state index contributed by atoms with van der Waals surface area (Å²) in [6.45, 7) is -0.523. The molecule has 0 bridgehead atoms. The lowest BCUT2D eigenvalue weighted by molar-refractivity contribution is -0.143.